The number of hydrogen-bond acceptors (Lipinski definition) is 6. The Morgan fingerprint density at radius 3 is 2.83 bits per heavy atom. The topological polar surface area (TPSA) is 77.1 Å². The molecule has 0 radical (unpaired) electrons. The maximum atomic E-state index is 11.7. The van der Waals surface area contributed by atoms with Gasteiger partial charge in [0.15, 0.2) is 0 Å². The Balaban J connectivity index is 1.72. The first-order valence-corrected chi connectivity index (χ1v) is 11.0. The van der Waals surface area contributed by atoms with E-state index in [1.54, 1.807) is 0 Å². The van der Waals surface area contributed by atoms with Crippen LogP contribution < -0.4 is 5.84 Å². The van der Waals surface area contributed by atoms with E-state index < -0.39 is 0 Å². The van der Waals surface area contributed by atoms with Crippen LogP contribution in [0.2, 0.25) is 0 Å². The van der Waals surface area contributed by atoms with E-state index in [2.05, 4.69) is 43.2 Å². The summed E-state index contributed by atoms with van der Waals surface area (Å²) in [5.41, 5.74) is 3.29. The maximum Gasteiger partial charge on any atom is 0.302 e. The highest BCUT2D eigenvalue weighted by atomic mass is 16.5. The van der Waals surface area contributed by atoms with Crippen molar-refractivity contribution in [2.75, 3.05) is 14.1 Å². The molecular weight excluding hydrogens is 366 g/mol. The monoisotopic (exact) mass is 401 g/mol. The number of carbonyl (C=O) groups is 1. The van der Waals surface area contributed by atoms with Crippen LogP contribution in [0.5, 0.6) is 0 Å². The van der Waals surface area contributed by atoms with Gasteiger partial charge in [-0.15, -0.1) is 0 Å². The third-order valence-electron chi connectivity index (χ3n) is 7.69. The van der Waals surface area contributed by atoms with Gasteiger partial charge in [0.2, 0.25) is 0 Å². The average molecular weight is 402 g/mol. The van der Waals surface area contributed by atoms with Gasteiger partial charge in [0, 0.05) is 25.1 Å². The second-order valence-electron chi connectivity index (χ2n) is 9.58. The number of nitrogens with two attached hydrogens (primary N) is 1. The minimum Gasteiger partial charge on any atom is -0.461 e. The Morgan fingerprint density at radius 2 is 2.14 bits per heavy atom. The summed E-state index contributed by atoms with van der Waals surface area (Å²) in [6.45, 7) is 3.82. The van der Waals surface area contributed by atoms with Crippen LogP contribution in [0.25, 0.3) is 0 Å². The minimum absolute atomic E-state index is 0.124. The van der Waals surface area contributed by atoms with E-state index in [1.807, 2.05) is 0 Å². The molecule has 0 aromatic carbocycles. The molecule has 4 rings (SSSR count). The lowest BCUT2D eigenvalue weighted by Gasteiger charge is -2.51. The molecule has 2 aliphatic carbocycles. The zero-order chi connectivity index (χ0) is 20.8. The van der Waals surface area contributed by atoms with E-state index in [9.17, 15) is 4.79 Å². The normalized spacial score (nSPS) is 42.7. The Kier molecular flexibility index (Phi) is 5.36. The number of allylic oxidation sites excluding steroid dienone is 1. The van der Waals surface area contributed by atoms with Crippen LogP contribution >= 0.6 is 0 Å². The largest absolute Gasteiger partial charge is 0.461 e. The molecule has 1 saturated carbocycles. The van der Waals surface area contributed by atoms with Gasteiger partial charge in [-0.3, -0.25) is 4.79 Å². The summed E-state index contributed by atoms with van der Waals surface area (Å²) < 4.78 is 12.9. The predicted molar refractivity (Wildman–Crippen MR) is 113 cm³/mol. The van der Waals surface area contributed by atoms with Gasteiger partial charge in [-0.05, 0) is 76.1 Å². The highest BCUT2D eigenvalue weighted by molar-refractivity contribution is 5.84. The summed E-state index contributed by atoms with van der Waals surface area (Å²) in [4.78, 5) is 13.9. The van der Waals surface area contributed by atoms with Crippen LogP contribution in [0.15, 0.2) is 28.4 Å². The van der Waals surface area contributed by atoms with Gasteiger partial charge in [0.25, 0.3) is 0 Å². The number of nitrogens with zero attached hydrogens (tertiary/aromatic N) is 2. The number of carbonyl (C=O) groups excluding carboxylic acids is 1. The van der Waals surface area contributed by atoms with Gasteiger partial charge in [-0.2, -0.15) is 5.10 Å². The van der Waals surface area contributed by atoms with Crippen molar-refractivity contribution in [1.29, 1.82) is 0 Å². The maximum absolute atomic E-state index is 11.7. The number of hydrazone groups is 1. The van der Waals surface area contributed by atoms with Gasteiger partial charge >= 0.3 is 5.97 Å². The molecule has 6 nitrogen and oxygen atoms in total. The Labute approximate surface area is 174 Å². The lowest BCUT2D eigenvalue weighted by atomic mass is 9.73. The van der Waals surface area contributed by atoms with Crippen LogP contribution in [0.3, 0.4) is 0 Å². The lowest BCUT2D eigenvalue weighted by Crippen LogP contribution is -2.56. The number of likely N-dealkylation sites (N-methyl/N-ethyl adjacent to an activating group) is 1. The van der Waals surface area contributed by atoms with Crippen molar-refractivity contribution in [2.24, 2.45) is 16.9 Å². The molecule has 160 valence electrons. The van der Waals surface area contributed by atoms with E-state index in [0.717, 1.165) is 57.1 Å². The standard InChI is InChI=1S/C23H35N3O3/c1-15-8-9-19(25-24)7-5-6-17-12-18-13-21(28-16(2)27)20(26(3)4)14-22(18)10-11-23(15,17)29-22/h6,12,15,20-21H,5,7-11,13-14,24H2,1-4H3/b17-6-,25-19-/t15-,20?,21-,22+,23-/m0/s1. The molecule has 6 heteroatoms. The average Bonchev–Trinajstić information content (AvgIpc) is 3.02. The van der Waals surface area contributed by atoms with Crippen LogP contribution in [-0.2, 0) is 14.3 Å². The second-order valence-corrected chi connectivity index (χ2v) is 9.58. The van der Waals surface area contributed by atoms with Gasteiger partial charge in [0.1, 0.15) is 6.10 Å². The first-order chi connectivity index (χ1) is 13.8. The van der Waals surface area contributed by atoms with Gasteiger partial charge < -0.3 is 20.2 Å². The summed E-state index contributed by atoms with van der Waals surface area (Å²) in [6.07, 6.45) is 12.2. The summed E-state index contributed by atoms with van der Waals surface area (Å²) in [6, 6.07) is 0.166. The Hall–Kier alpha value is -1.66. The fourth-order valence-corrected chi connectivity index (χ4v) is 6.03. The van der Waals surface area contributed by atoms with Crippen molar-refractivity contribution in [3.8, 4) is 0 Å². The van der Waals surface area contributed by atoms with Crippen molar-refractivity contribution in [1.82, 2.24) is 4.90 Å². The summed E-state index contributed by atoms with van der Waals surface area (Å²) in [7, 11) is 4.14. The zero-order valence-corrected chi connectivity index (χ0v) is 18.2. The van der Waals surface area contributed by atoms with E-state index in [0.29, 0.717) is 5.92 Å². The van der Waals surface area contributed by atoms with E-state index in [4.69, 9.17) is 15.3 Å². The van der Waals surface area contributed by atoms with Crippen LogP contribution in [0.4, 0.5) is 0 Å². The van der Waals surface area contributed by atoms with Crippen LogP contribution in [0, 0.1) is 5.92 Å². The summed E-state index contributed by atoms with van der Waals surface area (Å²) >= 11 is 0. The molecule has 2 N–H and O–H groups in total. The Morgan fingerprint density at radius 1 is 1.34 bits per heavy atom. The molecule has 1 unspecified atom stereocenters. The molecule has 29 heavy (non-hydrogen) atoms. The highest BCUT2D eigenvalue weighted by Gasteiger charge is 2.60. The van der Waals surface area contributed by atoms with E-state index >= 15 is 0 Å². The molecule has 2 fully saturated rings. The highest BCUT2D eigenvalue weighted by Crippen LogP contribution is 2.59. The van der Waals surface area contributed by atoms with Crippen molar-refractivity contribution < 1.29 is 14.3 Å². The SMILES string of the molecule is CC(=O)O[C@H]1CC2=C/C3=C/CC/C(=N/N)CC[C@H](C)[C@@]34CC[C@]2(CC1N(C)C)O4. The van der Waals surface area contributed by atoms with Crippen molar-refractivity contribution in [3.63, 3.8) is 0 Å². The fraction of sp³-hybridized carbons (Fsp3) is 0.739. The number of ether oxygens (including phenoxy) is 2. The van der Waals surface area contributed by atoms with Crippen molar-refractivity contribution in [2.45, 2.75) is 88.6 Å². The first kappa shape index (κ1) is 20.6. The van der Waals surface area contributed by atoms with Crippen molar-refractivity contribution in [3.05, 3.63) is 23.3 Å². The number of hydrogen-bond donors (Lipinski definition) is 1. The molecule has 0 amide bonds. The molecular formula is C23H35N3O3. The molecule has 2 aliphatic heterocycles. The molecule has 1 saturated heterocycles. The minimum atomic E-state index is -0.226. The van der Waals surface area contributed by atoms with E-state index in [-0.39, 0.29) is 29.3 Å². The quantitative estimate of drug-likeness (QED) is 0.436. The molecule has 0 aromatic heterocycles. The van der Waals surface area contributed by atoms with Crippen molar-refractivity contribution >= 4 is 11.7 Å². The third-order valence-corrected chi connectivity index (χ3v) is 7.69. The van der Waals surface area contributed by atoms with Gasteiger partial charge in [-0.1, -0.05) is 19.1 Å². The molecule has 4 aliphatic rings. The smallest absolute Gasteiger partial charge is 0.302 e. The predicted octanol–water partition coefficient (Wildman–Crippen LogP) is 3.32. The molecule has 5 atom stereocenters. The fourth-order valence-electron chi connectivity index (χ4n) is 6.03. The second kappa shape index (κ2) is 7.55. The van der Waals surface area contributed by atoms with Gasteiger partial charge in [-0.25, -0.2) is 0 Å². The molecule has 2 bridgehead atoms. The van der Waals surface area contributed by atoms with E-state index in [1.165, 1.54) is 18.1 Å². The third kappa shape index (κ3) is 3.44. The summed E-state index contributed by atoms with van der Waals surface area (Å²) in [5.74, 6) is 5.81. The first-order valence-electron chi connectivity index (χ1n) is 11.0. The number of rotatable bonds is 2. The number of esters is 1. The van der Waals surface area contributed by atoms with Crippen LogP contribution in [-0.4, -0.2) is 54.0 Å². The zero-order valence-electron chi connectivity index (χ0n) is 18.2. The lowest BCUT2D eigenvalue weighted by molar-refractivity contribution is -0.160. The van der Waals surface area contributed by atoms with Crippen LogP contribution in [0.1, 0.15) is 65.2 Å². The van der Waals surface area contributed by atoms with Gasteiger partial charge in [0.05, 0.1) is 11.2 Å². The molecule has 2 heterocycles. The summed E-state index contributed by atoms with van der Waals surface area (Å²) in [5, 5.41) is 4.02. The molecule has 2 spiro atoms. The molecule has 0 aromatic rings. The Bertz CT molecular complexity index is 771.